The van der Waals surface area contributed by atoms with Gasteiger partial charge in [0.2, 0.25) is 10.0 Å². The van der Waals surface area contributed by atoms with Crippen LogP contribution in [0.4, 0.5) is 0 Å². The van der Waals surface area contributed by atoms with Gasteiger partial charge in [0.15, 0.2) is 0 Å². The summed E-state index contributed by atoms with van der Waals surface area (Å²) >= 11 is 3.32. The third-order valence-corrected chi connectivity index (χ3v) is 4.16. The van der Waals surface area contributed by atoms with E-state index in [1.54, 1.807) is 24.3 Å². The molecule has 1 aromatic rings. The summed E-state index contributed by atoms with van der Waals surface area (Å²) in [7, 11) is -3.35. The fourth-order valence-corrected chi connectivity index (χ4v) is 2.71. The highest BCUT2D eigenvalue weighted by Gasteiger charge is 2.13. The fourth-order valence-electron chi connectivity index (χ4n) is 1.12. The summed E-state index contributed by atoms with van der Waals surface area (Å²) in [6.45, 7) is 4.40. The number of halogens is 1. The SMILES string of the molecule is CC(C)CNS(=O)(=O)c1ccc(CBr)cc1. The highest BCUT2D eigenvalue weighted by molar-refractivity contribution is 9.08. The Morgan fingerprint density at radius 3 is 2.25 bits per heavy atom. The zero-order chi connectivity index (χ0) is 12.2. The number of alkyl halides is 1. The van der Waals surface area contributed by atoms with Crippen LogP contribution in [0.25, 0.3) is 0 Å². The van der Waals surface area contributed by atoms with Gasteiger partial charge in [-0.25, -0.2) is 13.1 Å². The van der Waals surface area contributed by atoms with Crippen molar-refractivity contribution in [2.45, 2.75) is 24.1 Å². The molecular formula is C11H16BrNO2S. The van der Waals surface area contributed by atoms with Crippen LogP contribution in [0.15, 0.2) is 29.2 Å². The van der Waals surface area contributed by atoms with Crippen LogP contribution < -0.4 is 4.72 Å². The summed E-state index contributed by atoms with van der Waals surface area (Å²) < 4.78 is 26.2. The second kappa shape index (κ2) is 5.80. The first-order valence-corrected chi connectivity index (χ1v) is 7.70. The molecule has 0 aromatic heterocycles. The Bertz CT molecular complexity index is 426. The largest absolute Gasteiger partial charge is 0.240 e. The van der Waals surface area contributed by atoms with Crippen LogP contribution in [0.2, 0.25) is 0 Å². The molecule has 1 rings (SSSR count). The maximum atomic E-state index is 11.8. The van der Waals surface area contributed by atoms with Gasteiger partial charge in [-0.3, -0.25) is 0 Å². The highest BCUT2D eigenvalue weighted by Crippen LogP contribution is 2.12. The quantitative estimate of drug-likeness (QED) is 0.850. The third kappa shape index (κ3) is 3.88. The van der Waals surface area contributed by atoms with Crippen LogP contribution in [0.1, 0.15) is 19.4 Å². The average Bonchev–Trinajstić information content (AvgIpc) is 2.27. The molecule has 0 amide bonds. The number of benzene rings is 1. The standard InChI is InChI=1S/C11H16BrNO2S/c1-9(2)8-13-16(14,15)11-5-3-10(7-12)4-6-11/h3-6,9,13H,7-8H2,1-2H3. The maximum absolute atomic E-state index is 11.8. The Morgan fingerprint density at radius 2 is 1.81 bits per heavy atom. The molecule has 90 valence electrons. The van der Waals surface area contributed by atoms with E-state index >= 15 is 0 Å². The minimum atomic E-state index is -3.35. The van der Waals surface area contributed by atoms with Crippen LogP contribution in [0, 0.1) is 5.92 Å². The van der Waals surface area contributed by atoms with E-state index in [1.807, 2.05) is 13.8 Å². The van der Waals surface area contributed by atoms with Crippen molar-refractivity contribution in [3.05, 3.63) is 29.8 Å². The molecule has 0 fully saturated rings. The van der Waals surface area contributed by atoms with Gasteiger partial charge in [-0.15, -0.1) is 0 Å². The molecular weight excluding hydrogens is 290 g/mol. The van der Waals surface area contributed by atoms with Gasteiger partial charge in [-0.05, 0) is 23.6 Å². The normalized spacial score (nSPS) is 12.0. The van der Waals surface area contributed by atoms with Crippen molar-refractivity contribution in [1.29, 1.82) is 0 Å². The van der Waals surface area contributed by atoms with E-state index in [0.29, 0.717) is 17.4 Å². The highest BCUT2D eigenvalue weighted by atomic mass is 79.9. The Hall–Kier alpha value is -0.390. The molecule has 1 aromatic carbocycles. The molecule has 0 atom stereocenters. The van der Waals surface area contributed by atoms with Gasteiger partial charge in [0.1, 0.15) is 0 Å². The Morgan fingerprint density at radius 1 is 1.25 bits per heavy atom. The molecule has 0 radical (unpaired) electrons. The predicted octanol–water partition coefficient (Wildman–Crippen LogP) is 2.52. The van der Waals surface area contributed by atoms with Crippen LogP contribution >= 0.6 is 15.9 Å². The van der Waals surface area contributed by atoms with Gasteiger partial charge < -0.3 is 0 Å². The van der Waals surface area contributed by atoms with Gasteiger partial charge in [0.05, 0.1) is 4.90 Å². The van der Waals surface area contributed by atoms with Crippen LogP contribution in [0.5, 0.6) is 0 Å². The van der Waals surface area contributed by atoms with Crippen molar-refractivity contribution < 1.29 is 8.42 Å². The molecule has 5 heteroatoms. The van der Waals surface area contributed by atoms with Gasteiger partial charge in [-0.1, -0.05) is 41.9 Å². The smallest absolute Gasteiger partial charge is 0.211 e. The lowest BCUT2D eigenvalue weighted by Crippen LogP contribution is -2.27. The van der Waals surface area contributed by atoms with Crippen LogP contribution in [-0.2, 0) is 15.4 Å². The molecule has 0 unspecified atom stereocenters. The van der Waals surface area contributed by atoms with E-state index in [1.165, 1.54) is 0 Å². The summed E-state index contributed by atoms with van der Waals surface area (Å²) in [6, 6.07) is 6.86. The first kappa shape index (κ1) is 13.7. The van der Waals surface area contributed by atoms with Crippen molar-refractivity contribution in [2.75, 3.05) is 6.54 Å². The first-order valence-electron chi connectivity index (χ1n) is 5.10. The average molecular weight is 306 g/mol. The monoisotopic (exact) mass is 305 g/mol. The molecule has 0 saturated carbocycles. The Labute approximate surface area is 105 Å². The van der Waals surface area contributed by atoms with Crippen molar-refractivity contribution in [3.63, 3.8) is 0 Å². The summed E-state index contributed by atoms with van der Waals surface area (Å²) in [5.41, 5.74) is 1.06. The van der Waals surface area contributed by atoms with Gasteiger partial charge in [0, 0.05) is 11.9 Å². The van der Waals surface area contributed by atoms with Gasteiger partial charge in [-0.2, -0.15) is 0 Å². The van der Waals surface area contributed by atoms with Gasteiger partial charge in [0.25, 0.3) is 0 Å². The summed E-state index contributed by atoms with van der Waals surface area (Å²) in [6.07, 6.45) is 0. The number of rotatable bonds is 5. The van der Waals surface area contributed by atoms with Crippen molar-refractivity contribution in [2.24, 2.45) is 5.92 Å². The topological polar surface area (TPSA) is 46.2 Å². The number of sulfonamides is 1. The molecule has 1 N–H and O–H groups in total. The number of hydrogen-bond donors (Lipinski definition) is 1. The molecule has 0 aliphatic rings. The lowest BCUT2D eigenvalue weighted by atomic mass is 10.2. The minimum Gasteiger partial charge on any atom is -0.211 e. The van der Waals surface area contributed by atoms with E-state index in [4.69, 9.17) is 0 Å². The van der Waals surface area contributed by atoms with E-state index in [-0.39, 0.29) is 0 Å². The molecule has 3 nitrogen and oxygen atoms in total. The van der Waals surface area contributed by atoms with E-state index < -0.39 is 10.0 Å². The predicted molar refractivity (Wildman–Crippen MR) is 69.1 cm³/mol. The van der Waals surface area contributed by atoms with E-state index in [2.05, 4.69) is 20.7 Å². The summed E-state index contributed by atoms with van der Waals surface area (Å²) in [4.78, 5) is 0.317. The lowest BCUT2D eigenvalue weighted by Gasteiger charge is -2.08. The second-order valence-electron chi connectivity index (χ2n) is 4.02. The lowest BCUT2D eigenvalue weighted by molar-refractivity contribution is 0.560. The third-order valence-electron chi connectivity index (χ3n) is 2.07. The molecule has 16 heavy (non-hydrogen) atoms. The van der Waals surface area contributed by atoms with Crippen LogP contribution in [0.3, 0.4) is 0 Å². The van der Waals surface area contributed by atoms with E-state index in [9.17, 15) is 8.42 Å². The second-order valence-corrected chi connectivity index (χ2v) is 6.35. The maximum Gasteiger partial charge on any atom is 0.240 e. The molecule has 0 bridgehead atoms. The molecule has 0 aliphatic carbocycles. The fraction of sp³-hybridized carbons (Fsp3) is 0.455. The van der Waals surface area contributed by atoms with Crippen molar-refractivity contribution >= 4 is 26.0 Å². The first-order chi connectivity index (χ1) is 7.45. The molecule has 0 heterocycles. The van der Waals surface area contributed by atoms with Gasteiger partial charge >= 0.3 is 0 Å². The molecule has 0 spiro atoms. The van der Waals surface area contributed by atoms with E-state index in [0.717, 1.165) is 10.9 Å². The Balaban J connectivity index is 2.82. The van der Waals surface area contributed by atoms with Crippen molar-refractivity contribution in [1.82, 2.24) is 4.72 Å². The zero-order valence-corrected chi connectivity index (χ0v) is 11.8. The summed E-state index contributed by atoms with van der Waals surface area (Å²) in [5.74, 6) is 0.302. The summed E-state index contributed by atoms with van der Waals surface area (Å²) in [5, 5.41) is 0.729. The molecule has 0 saturated heterocycles. The number of nitrogens with one attached hydrogen (secondary N) is 1. The van der Waals surface area contributed by atoms with Crippen molar-refractivity contribution in [3.8, 4) is 0 Å². The zero-order valence-electron chi connectivity index (χ0n) is 9.40. The minimum absolute atomic E-state index is 0.302. The number of hydrogen-bond acceptors (Lipinski definition) is 2. The van der Waals surface area contributed by atoms with Crippen LogP contribution in [-0.4, -0.2) is 15.0 Å². The molecule has 0 aliphatic heterocycles. The Kier molecular flexibility index (Phi) is 4.95.